The van der Waals surface area contributed by atoms with Gasteiger partial charge in [-0.2, -0.15) is 25.3 Å². The Labute approximate surface area is 688 Å². The number of halogens is 4. The van der Waals surface area contributed by atoms with Crippen molar-refractivity contribution in [3.63, 3.8) is 0 Å². The van der Waals surface area contributed by atoms with Gasteiger partial charge in [-0.1, -0.05) is 33.9 Å². The van der Waals surface area contributed by atoms with Crippen LogP contribution in [0.2, 0.25) is 15.7 Å². The molecular weight excluding hydrogens is 1620 g/mol. The average Bonchev–Trinajstić information content (AvgIpc) is 1.60. The Morgan fingerprint density at radius 2 is 0.966 bits per heavy atom. The van der Waals surface area contributed by atoms with Gasteiger partial charge in [0.25, 0.3) is 23.6 Å². The molecule has 0 aromatic carbocycles. The number of rotatable bonds is 18. The standard InChI is InChI=1S/C23H24N8O2.C14H13ClN6O2.C9H12N2.C8H10N4O3.C8H12N4O.C6H2Cl2N2O.C4H3N3O4.ClH/c32-22(25-14-5-3-6-14)17-13-19(30-29-17)27-21-20-16(9-12-33-20)26-23(28-21)31-11-4-8-18(31)15-7-1-2-10-24-15;15-14-17-8-4-5-23-11(8)12(19-14)18-10-6-9(20-21-10)13(22)16-7-2-1-3-7;1-2-6-10-8(4-1)9-5-3-7-11-9;13-8(9-5-2-1-3-5)6-4-7(11-10-6)12(14)15;9-7-4-6(11-12-7)8(13)10-5-2-1-3-5;7-5-4-3(1-2-11-4)9-6(8)10-5;8-4(9)2-1-3(6-5-2)7(10)11;/h1-2,7,9-10,12-14,18H,3-6,8,11H2,(H,25,32)(H2,26,27,28,29,30);4-7H,1-3H2,(H,16,22)(H2,17,18,19,20,21);1-2,4,6,9,11H,3,5,7H2;4-5H,1-3H2,(H,9,13)(H,10,11);4-5H,1-3H2,(H,10,13)(H3,9,11,12);1-2H;1H,(H,5,6)(H,8,9);1H. The third-order valence-electron chi connectivity index (χ3n) is 19.2. The summed E-state index contributed by atoms with van der Waals surface area (Å²) in [7, 11) is 0. The van der Waals surface area contributed by atoms with Crippen LogP contribution in [0.15, 0.2) is 129 Å². The van der Waals surface area contributed by atoms with Crippen LogP contribution in [0.5, 0.6) is 0 Å². The number of carbonyl (C=O) groups is 5. The minimum atomic E-state index is -1.30. The van der Waals surface area contributed by atoms with E-state index in [2.05, 4.69) is 124 Å². The van der Waals surface area contributed by atoms with Crippen LogP contribution >= 0.6 is 47.2 Å². The van der Waals surface area contributed by atoms with Crippen LogP contribution in [0, 0.1) is 20.2 Å². The van der Waals surface area contributed by atoms with Crippen LogP contribution in [0.25, 0.3) is 33.3 Å². The number of nitro groups is 2. The van der Waals surface area contributed by atoms with Crippen molar-refractivity contribution in [2.24, 2.45) is 0 Å². The Bertz CT molecular complexity index is 5550. The zero-order valence-electron chi connectivity index (χ0n) is 62.3. The molecule has 118 heavy (non-hydrogen) atoms. The predicted octanol–water partition coefficient (Wildman–Crippen LogP) is 11.7. The lowest BCUT2D eigenvalue weighted by Crippen LogP contribution is -2.39. The van der Waals surface area contributed by atoms with Crippen molar-refractivity contribution < 1.29 is 52.2 Å². The molecule has 13 aromatic heterocycles. The maximum Gasteiger partial charge on any atom is 0.358 e. The summed E-state index contributed by atoms with van der Waals surface area (Å²) in [6, 6.07) is 25.7. The second-order valence-corrected chi connectivity index (χ2v) is 28.2. The number of aromatic carboxylic acids is 1. The summed E-state index contributed by atoms with van der Waals surface area (Å²) in [5, 5.41) is 81.2. The highest BCUT2D eigenvalue weighted by Crippen LogP contribution is 2.37. The zero-order chi connectivity index (χ0) is 81.9. The van der Waals surface area contributed by atoms with Gasteiger partial charge in [-0.25, -0.2) is 24.7 Å². The van der Waals surface area contributed by atoms with Crippen LogP contribution in [0.3, 0.4) is 0 Å². The number of hydrogen-bond donors (Lipinski definition) is 14. The van der Waals surface area contributed by atoms with Gasteiger partial charge < -0.3 is 86.4 Å². The number of fused-ring (bicyclic) bond motifs is 3. The summed E-state index contributed by atoms with van der Waals surface area (Å²) in [5.41, 5.74) is 11.9. The molecular formula is C72H77Cl4N29O13. The number of anilines is 6. The number of carboxylic acids is 1. The van der Waals surface area contributed by atoms with Crippen LogP contribution in [-0.2, 0) is 0 Å². The molecule has 2 unspecified atom stereocenters. The first kappa shape index (κ1) is 84.1. The summed E-state index contributed by atoms with van der Waals surface area (Å²) < 4.78 is 16.0. The molecule has 6 aliphatic rings. The molecule has 19 rings (SSSR count). The Hall–Kier alpha value is -13.3. The van der Waals surface area contributed by atoms with Crippen molar-refractivity contribution in [3.8, 4) is 0 Å². The maximum atomic E-state index is 12.4. The number of amides is 4. The van der Waals surface area contributed by atoms with Crippen LogP contribution in [-0.4, -0.2) is 173 Å². The number of nitrogens with zero attached hydrogens (tertiary/aromatic N) is 16. The van der Waals surface area contributed by atoms with E-state index in [0.717, 1.165) is 114 Å². The number of aromatic nitrogens is 18. The molecule has 0 spiro atoms. The van der Waals surface area contributed by atoms with Crippen molar-refractivity contribution in [3.05, 3.63) is 192 Å². The van der Waals surface area contributed by atoms with E-state index in [0.29, 0.717) is 97.5 Å². The fourth-order valence-corrected chi connectivity index (χ4v) is 12.8. The third-order valence-corrected chi connectivity index (χ3v) is 19.8. The minimum Gasteiger partial charge on any atom is -0.476 e. The van der Waals surface area contributed by atoms with Crippen molar-refractivity contribution in [2.45, 2.75) is 139 Å². The van der Waals surface area contributed by atoms with Gasteiger partial charge >= 0.3 is 17.6 Å². The second-order valence-electron chi connectivity index (χ2n) is 27.2. The highest BCUT2D eigenvalue weighted by Gasteiger charge is 2.32. The molecule has 616 valence electrons. The molecule has 15 N–H and O–H groups in total. The van der Waals surface area contributed by atoms with Gasteiger partial charge in [0.05, 0.1) is 48.4 Å². The first-order valence-electron chi connectivity index (χ1n) is 37.1. The lowest BCUT2D eigenvalue weighted by atomic mass is 9.93. The maximum absolute atomic E-state index is 12.4. The molecule has 4 saturated carbocycles. The minimum absolute atomic E-state index is 0. The van der Waals surface area contributed by atoms with Crippen molar-refractivity contribution in [1.82, 2.24) is 117 Å². The molecule has 15 heterocycles. The number of nitrogens with one attached hydrogen (secondary N) is 12. The summed E-state index contributed by atoms with van der Waals surface area (Å²) in [5.74, 6) is -0.0111. The van der Waals surface area contributed by atoms with E-state index >= 15 is 0 Å². The lowest BCUT2D eigenvalue weighted by Gasteiger charge is -2.25. The molecule has 46 heteroatoms. The molecule has 4 amide bonds. The molecule has 13 aromatic rings. The average molecular weight is 1700 g/mol. The number of aromatic amines is 5. The number of furan rings is 3. The van der Waals surface area contributed by atoms with Gasteiger partial charge in [-0.3, -0.25) is 44.4 Å². The number of pyridine rings is 2. The van der Waals surface area contributed by atoms with Crippen LogP contribution < -0.4 is 47.9 Å². The van der Waals surface area contributed by atoms with Crippen LogP contribution in [0.4, 0.5) is 46.7 Å². The van der Waals surface area contributed by atoms with Gasteiger partial charge in [0, 0.05) is 85.5 Å². The van der Waals surface area contributed by atoms with Gasteiger partial charge in [-0.05, 0) is 167 Å². The van der Waals surface area contributed by atoms with E-state index in [1.807, 2.05) is 53.9 Å². The van der Waals surface area contributed by atoms with Gasteiger partial charge in [0.15, 0.2) is 56.6 Å². The largest absolute Gasteiger partial charge is 0.476 e. The summed E-state index contributed by atoms with van der Waals surface area (Å²) in [4.78, 5) is 113. The Morgan fingerprint density at radius 3 is 1.42 bits per heavy atom. The molecule has 4 aliphatic carbocycles. The predicted molar refractivity (Wildman–Crippen MR) is 430 cm³/mol. The highest BCUT2D eigenvalue weighted by molar-refractivity contribution is 6.35. The first-order valence-corrected chi connectivity index (χ1v) is 38.2. The highest BCUT2D eigenvalue weighted by atomic mass is 35.5. The van der Waals surface area contributed by atoms with E-state index in [9.17, 15) is 44.2 Å². The van der Waals surface area contributed by atoms with Crippen molar-refractivity contribution in [2.75, 3.05) is 34.4 Å². The second kappa shape index (κ2) is 39.8. The van der Waals surface area contributed by atoms with Crippen LogP contribution in [0.1, 0.15) is 179 Å². The molecule has 6 fully saturated rings. The third kappa shape index (κ3) is 22.2. The van der Waals surface area contributed by atoms with Crippen molar-refractivity contribution in [1.29, 1.82) is 0 Å². The number of carbonyl (C=O) groups excluding carboxylic acids is 4. The molecule has 2 aliphatic heterocycles. The SMILES string of the molecule is Cl.Clc1nc(Cl)c2occc2n1.Nc1cc(C(=O)NC2CCC2)[nH]n1.O=C(NC1CCC1)c1cc(Nc2nc(Cl)nc3ccoc23)n[nH]1.O=C(NC1CCC1)c1cc(Nc2nc(N3CCCC3c3ccccn3)nc3ccoc23)n[nH]1.O=C(NC1CCC1)c1cc([N+](=O)[O-])[nH]n1.O=C(O)c1cc([N+](=O)[O-])[nH]n1.c1ccc(C2CCCN2)nc1. The van der Waals surface area contributed by atoms with Gasteiger partial charge in [0.2, 0.25) is 16.5 Å². The van der Waals surface area contributed by atoms with E-state index < -0.39 is 21.6 Å². The summed E-state index contributed by atoms with van der Waals surface area (Å²) >= 11 is 17.1. The van der Waals surface area contributed by atoms with Gasteiger partial charge in [-0.15, -0.1) is 22.6 Å². The summed E-state index contributed by atoms with van der Waals surface area (Å²) in [6.45, 7) is 1.99. The number of hydrogen-bond acceptors (Lipinski definition) is 30. The normalized spacial score (nSPS) is 15.9. The smallest absolute Gasteiger partial charge is 0.358 e. The topological polar surface area (TPSA) is 591 Å². The molecule has 42 nitrogen and oxygen atoms in total. The Kier molecular flexibility index (Phi) is 28.4. The molecule has 0 radical (unpaired) electrons. The van der Waals surface area contributed by atoms with E-state index in [1.165, 1.54) is 43.5 Å². The lowest BCUT2D eigenvalue weighted by molar-refractivity contribution is -0.389. The monoisotopic (exact) mass is 1700 g/mol. The number of nitrogen functional groups attached to an aromatic ring is 1. The quantitative estimate of drug-likeness (QED) is 0.0164. The molecule has 0 bridgehead atoms. The number of carboxylic acid groups (broad SMARTS) is 1. The fraction of sp³-hybridized carbons (Fsp3) is 0.333. The van der Waals surface area contributed by atoms with E-state index in [1.54, 1.807) is 30.5 Å². The van der Waals surface area contributed by atoms with Crippen molar-refractivity contribution >= 4 is 157 Å². The number of H-pyrrole nitrogens is 5. The van der Waals surface area contributed by atoms with Gasteiger partial charge in [0.1, 0.15) is 39.4 Å². The molecule has 2 saturated heterocycles. The fourth-order valence-electron chi connectivity index (χ4n) is 12.2. The first-order chi connectivity index (χ1) is 56.7. The number of nitrogens with two attached hydrogens (primary N) is 1. The Balaban J connectivity index is 0.000000133. The van der Waals surface area contributed by atoms with E-state index in [4.69, 9.17) is 68.9 Å². The zero-order valence-corrected chi connectivity index (χ0v) is 65.4. The van der Waals surface area contributed by atoms with E-state index in [-0.39, 0.29) is 93.1 Å². The Morgan fingerprint density at radius 1 is 0.500 bits per heavy atom. The molecule has 2 atom stereocenters. The summed E-state index contributed by atoms with van der Waals surface area (Å²) in [6.07, 6.45) is 25.7.